The molecular weight excluding hydrogens is 338 g/mol. The Bertz CT molecular complexity index is 822. The number of aliphatic hydroxyl groups is 1. The van der Waals surface area contributed by atoms with Crippen LogP contribution < -0.4 is 10.6 Å². The van der Waals surface area contributed by atoms with Gasteiger partial charge in [-0.25, -0.2) is 0 Å². The molecule has 0 unspecified atom stereocenters. The number of carbonyl (C=O) groups excluding carboxylic acids is 1. The smallest absolute Gasteiger partial charge is 0.251 e. The summed E-state index contributed by atoms with van der Waals surface area (Å²) in [5.74, 6) is -0.218. The van der Waals surface area contributed by atoms with Crippen molar-refractivity contribution in [2.45, 2.75) is 12.0 Å². The largest absolute Gasteiger partial charge is 0.387 e. The van der Waals surface area contributed by atoms with Gasteiger partial charge >= 0.3 is 0 Å². The number of β-amino-alcohol motifs (C(OH)–C–C–N with tert-alkyl or cyclic N) is 1. The molecule has 128 valence electrons. The molecule has 5 nitrogen and oxygen atoms in total. The number of benzene rings is 2. The van der Waals surface area contributed by atoms with E-state index in [1.807, 2.05) is 24.3 Å². The van der Waals surface area contributed by atoms with E-state index >= 15 is 0 Å². The van der Waals surface area contributed by atoms with E-state index in [4.69, 9.17) is 16.9 Å². The van der Waals surface area contributed by atoms with Crippen molar-refractivity contribution in [2.24, 2.45) is 0 Å². The number of rotatable bonds is 4. The fourth-order valence-electron chi connectivity index (χ4n) is 2.83. The minimum Gasteiger partial charge on any atom is -0.387 e. The van der Waals surface area contributed by atoms with Crippen LogP contribution in [-0.2, 0) is 0 Å². The van der Waals surface area contributed by atoms with Crippen LogP contribution in [0.3, 0.4) is 0 Å². The van der Waals surface area contributed by atoms with Gasteiger partial charge < -0.3 is 15.7 Å². The summed E-state index contributed by atoms with van der Waals surface area (Å²) in [5.41, 5.74) is 1.87. The van der Waals surface area contributed by atoms with Crippen molar-refractivity contribution in [1.82, 2.24) is 10.6 Å². The van der Waals surface area contributed by atoms with E-state index in [2.05, 4.69) is 10.6 Å². The van der Waals surface area contributed by atoms with Crippen molar-refractivity contribution in [1.29, 1.82) is 5.26 Å². The number of amides is 1. The Morgan fingerprint density at radius 3 is 2.60 bits per heavy atom. The fourth-order valence-corrected chi connectivity index (χ4v) is 3.05. The lowest BCUT2D eigenvalue weighted by molar-refractivity contribution is 0.0562. The van der Waals surface area contributed by atoms with Gasteiger partial charge in [0.25, 0.3) is 5.91 Å². The Morgan fingerprint density at radius 2 is 2.00 bits per heavy atom. The molecule has 3 N–H and O–H groups in total. The quantitative estimate of drug-likeness (QED) is 0.785. The topological polar surface area (TPSA) is 85.2 Å². The van der Waals surface area contributed by atoms with Crippen LogP contribution in [-0.4, -0.2) is 36.2 Å². The fraction of sp³-hybridized carbons (Fsp3) is 0.263. The van der Waals surface area contributed by atoms with Crippen LogP contribution in [0.1, 0.15) is 22.3 Å². The van der Waals surface area contributed by atoms with Gasteiger partial charge in [-0.2, -0.15) is 5.26 Å². The first-order valence-electron chi connectivity index (χ1n) is 8.02. The molecule has 6 heteroatoms. The number of nitrogens with zero attached hydrogens (tertiary/aromatic N) is 1. The molecule has 2 aromatic rings. The minimum absolute atomic E-state index is 0.218. The zero-order valence-corrected chi connectivity index (χ0v) is 14.3. The lowest BCUT2D eigenvalue weighted by atomic mass is 10.0. The molecule has 0 spiro atoms. The Morgan fingerprint density at radius 1 is 1.28 bits per heavy atom. The summed E-state index contributed by atoms with van der Waals surface area (Å²) < 4.78 is 0. The van der Waals surface area contributed by atoms with Gasteiger partial charge in [0.2, 0.25) is 0 Å². The van der Waals surface area contributed by atoms with E-state index in [0.717, 1.165) is 17.7 Å². The maximum Gasteiger partial charge on any atom is 0.251 e. The van der Waals surface area contributed by atoms with Gasteiger partial charge in [-0.1, -0.05) is 29.8 Å². The summed E-state index contributed by atoms with van der Waals surface area (Å²) in [6, 6.07) is 14.4. The van der Waals surface area contributed by atoms with Crippen LogP contribution in [0, 0.1) is 11.3 Å². The zero-order chi connectivity index (χ0) is 17.9. The molecule has 0 aromatic heterocycles. The van der Waals surface area contributed by atoms with Crippen LogP contribution >= 0.6 is 11.6 Å². The molecule has 3 rings (SSSR count). The Labute approximate surface area is 151 Å². The maximum absolute atomic E-state index is 12.2. The van der Waals surface area contributed by atoms with Crippen molar-refractivity contribution >= 4 is 17.5 Å². The van der Waals surface area contributed by atoms with E-state index in [1.165, 1.54) is 0 Å². The van der Waals surface area contributed by atoms with Crippen molar-refractivity contribution in [3.8, 4) is 17.2 Å². The number of halogens is 1. The summed E-state index contributed by atoms with van der Waals surface area (Å²) in [6.07, 6.45) is 0.631. The molecule has 1 aliphatic heterocycles. The molecule has 2 aromatic carbocycles. The first-order chi connectivity index (χ1) is 12.0. The summed E-state index contributed by atoms with van der Waals surface area (Å²) in [7, 11) is 0. The third kappa shape index (κ3) is 3.99. The SMILES string of the molecule is N#Cc1ccc(-c2ccc(C(=O)NC[C@@]3(O)CCNC3)cc2)cc1Cl. The Kier molecular flexibility index (Phi) is 5.05. The molecule has 0 aliphatic carbocycles. The summed E-state index contributed by atoms with van der Waals surface area (Å²) in [5, 5.41) is 25.4. The molecule has 1 atom stereocenters. The molecule has 1 heterocycles. The highest BCUT2D eigenvalue weighted by Gasteiger charge is 2.31. The molecule has 1 aliphatic rings. The molecule has 1 saturated heterocycles. The molecule has 0 saturated carbocycles. The number of carbonyl (C=O) groups is 1. The van der Waals surface area contributed by atoms with Crippen LogP contribution in [0.25, 0.3) is 11.1 Å². The predicted molar refractivity (Wildman–Crippen MR) is 96.4 cm³/mol. The number of nitrogens with one attached hydrogen (secondary N) is 2. The molecular formula is C19H18ClN3O2. The van der Waals surface area contributed by atoms with Crippen LogP contribution in [0.15, 0.2) is 42.5 Å². The highest BCUT2D eigenvalue weighted by atomic mass is 35.5. The number of hydrogen-bond acceptors (Lipinski definition) is 4. The third-order valence-corrected chi connectivity index (χ3v) is 4.68. The molecule has 0 radical (unpaired) electrons. The normalized spacial score (nSPS) is 19.4. The monoisotopic (exact) mass is 355 g/mol. The van der Waals surface area contributed by atoms with Crippen LogP contribution in [0.2, 0.25) is 5.02 Å². The van der Waals surface area contributed by atoms with Crippen molar-refractivity contribution in [3.63, 3.8) is 0 Å². The van der Waals surface area contributed by atoms with E-state index in [1.54, 1.807) is 24.3 Å². The van der Waals surface area contributed by atoms with E-state index in [-0.39, 0.29) is 12.5 Å². The van der Waals surface area contributed by atoms with Crippen LogP contribution in [0.4, 0.5) is 0 Å². The lowest BCUT2D eigenvalue weighted by Gasteiger charge is -2.21. The van der Waals surface area contributed by atoms with Crippen molar-refractivity contribution in [2.75, 3.05) is 19.6 Å². The van der Waals surface area contributed by atoms with Crippen LogP contribution in [0.5, 0.6) is 0 Å². The standard InChI is InChI=1S/C19H18ClN3O2/c20-17-9-15(5-6-16(17)10-21)13-1-3-14(4-2-13)18(24)23-12-19(25)7-8-22-11-19/h1-6,9,22,25H,7-8,11-12H2,(H,23,24)/t19-/m1/s1. The highest BCUT2D eigenvalue weighted by Crippen LogP contribution is 2.25. The van der Waals surface area contributed by atoms with Crippen molar-refractivity contribution in [3.05, 3.63) is 58.6 Å². The number of hydrogen-bond donors (Lipinski definition) is 3. The Balaban J connectivity index is 1.68. The van der Waals surface area contributed by atoms with Gasteiger partial charge in [0.05, 0.1) is 16.2 Å². The Hall–Kier alpha value is -2.39. The second kappa shape index (κ2) is 7.24. The molecule has 0 bridgehead atoms. The van der Waals surface area contributed by atoms with E-state index in [0.29, 0.717) is 29.1 Å². The molecule has 1 amide bonds. The average molecular weight is 356 g/mol. The first kappa shape index (κ1) is 17.4. The first-order valence-corrected chi connectivity index (χ1v) is 8.40. The second-order valence-electron chi connectivity index (χ2n) is 6.22. The second-order valence-corrected chi connectivity index (χ2v) is 6.62. The van der Waals surface area contributed by atoms with Gasteiger partial charge in [0.15, 0.2) is 0 Å². The predicted octanol–water partition coefficient (Wildman–Crippen LogP) is 2.33. The number of nitriles is 1. The molecule has 25 heavy (non-hydrogen) atoms. The maximum atomic E-state index is 12.2. The highest BCUT2D eigenvalue weighted by molar-refractivity contribution is 6.32. The summed E-state index contributed by atoms with van der Waals surface area (Å²) >= 11 is 6.06. The van der Waals surface area contributed by atoms with Gasteiger partial charge in [-0.05, 0) is 48.4 Å². The van der Waals surface area contributed by atoms with Gasteiger partial charge in [0, 0.05) is 18.7 Å². The minimum atomic E-state index is -0.866. The van der Waals surface area contributed by atoms with Gasteiger partial charge in [-0.15, -0.1) is 0 Å². The van der Waals surface area contributed by atoms with Gasteiger partial charge in [-0.3, -0.25) is 4.79 Å². The van der Waals surface area contributed by atoms with Crippen molar-refractivity contribution < 1.29 is 9.90 Å². The summed E-state index contributed by atoms with van der Waals surface area (Å²) in [6.45, 7) is 1.48. The third-order valence-electron chi connectivity index (χ3n) is 4.37. The molecule has 1 fully saturated rings. The van der Waals surface area contributed by atoms with Gasteiger partial charge in [0.1, 0.15) is 6.07 Å². The zero-order valence-electron chi connectivity index (χ0n) is 13.6. The van der Waals surface area contributed by atoms with E-state index in [9.17, 15) is 9.90 Å². The summed E-state index contributed by atoms with van der Waals surface area (Å²) in [4.78, 5) is 12.2. The van der Waals surface area contributed by atoms with E-state index < -0.39 is 5.60 Å². The average Bonchev–Trinajstić information content (AvgIpc) is 3.07. The lowest BCUT2D eigenvalue weighted by Crippen LogP contribution is -2.44.